The van der Waals surface area contributed by atoms with Gasteiger partial charge in [0.2, 0.25) is 10.0 Å². The van der Waals surface area contributed by atoms with Crippen molar-refractivity contribution < 1.29 is 13.3 Å². The van der Waals surface area contributed by atoms with Crippen molar-refractivity contribution in [2.75, 3.05) is 13.1 Å². The Morgan fingerprint density at radius 3 is 2.70 bits per heavy atom. The summed E-state index contributed by atoms with van der Waals surface area (Å²) in [6, 6.07) is 3.42. The van der Waals surface area contributed by atoms with E-state index >= 15 is 0 Å². The zero-order valence-electron chi connectivity index (χ0n) is 10.7. The average molecular weight is 317 g/mol. The lowest BCUT2D eigenvalue weighted by Gasteiger charge is -2.25. The van der Waals surface area contributed by atoms with Gasteiger partial charge < -0.3 is 0 Å². The highest BCUT2D eigenvalue weighted by Crippen LogP contribution is 2.29. The molecule has 0 unspecified atom stereocenters. The standard InChI is InChI=1S/C12H13ClN2O4S/c1-9-3-2-6-14(8-9)20(18,19)12-7-10(15(16)17)4-5-11(12)13/h3-5,7H,2,6,8H2,1H3. The molecule has 0 spiro atoms. The third-order valence-electron chi connectivity index (χ3n) is 3.04. The molecule has 20 heavy (non-hydrogen) atoms. The number of hydrogen-bond acceptors (Lipinski definition) is 4. The van der Waals surface area contributed by atoms with Crippen LogP contribution in [-0.2, 0) is 10.0 Å². The van der Waals surface area contributed by atoms with Gasteiger partial charge in [-0.2, -0.15) is 4.31 Å². The van der Waals surface area contributed by atoms with Gasteiger partial charge in [0, 0.05) is 25.2 Å². The van der Waals surface area contributed by atoms with E-state index in [1.54, 1.807) is 0 Å². The van der Waals surface area contributed by atoms with Gasteiger partial charge in [0.25, 0.3) is 5.69 Å². The molecule has 6 nitrogen and oxygen atoms in total. The van der Waals surface area contributed by atoms with Crippen LogP contribution in [0.25, 0.3) is 0 Å². The molecule has 0 bridgehead atoms. The smallest absolute Gasteiger partial charge is 0.258 e. The summed E-state index contributed by atoms with van der Waals surface area (Å²) in [5, 5.41) is 10.8. The Balaban J connectivity index is 2.46. The number of hydrogen-bond donors (Lipinski definition) is 0. The van der Waals surface area contributed by atoms with Gasteiger partial charge in [-0.15, -0.1) is 0 Å². The Morgan fingerprint density at radius 2 is 2.10 bits per heavy atom. The number of nitro groups is 1. The van der Waals surface area contributed by atoms with Gasteiger partial charge in [-0.25, -0.2) is 8.42 Å². The van der Waals surface area contributed by atoms with Gasteiger partial charge in [-0.1, -0.05) is 23.3 Å². The molecule has 1 aromatic carbocycles. The Kier molecular flexibility index (Phi) is 4.12. The lowest BCUT2D eigenvalue weighted by molar-refractivity contribution is -0.385. The number of non-ortho nitro benzene ring substituents is 1. The zero-order valence-corrected chi connectivity index (χ0v) is 12.3. The van der Waals surface area contributed by atoms with E-state index in [0.29, 0.717) is 13.0 Å². The van der Waals surface area contributed by atoms with Crippen LogP contribution in [0.15, 0.2) is 34.7 Å². The molecule has 0 atom stereocenters. The molecule has 0 aromatic heterocycles. The maximum absolute atomic E-state index is 12.5. The number of nitro benzene ring substituents is 1. The van der Waals surface area contributed by atoms with Crippen LogP contribution in [0, 0.1) is 10.1 Å². The van der Waals surface area contributed by atoms with E-state index in [4.69, 9.17) is 11.6 Å². The Bertz CT molecular complexity index is 685. The van der Waals surface area contributed by atoms with Gasteiger partial charge >= 0.3 is 0 Å². The summed E-state index contributed by atoms with van der Waals surface area (Å²) in [5.41, 5.74) is 0.652. The predicted molar refractivity (Wildman–Crippen MR) is 75.2 cm³/mol. The molecule has 1 aliphatic heterocycles. The van der Waals surface area contributed by atoms with Crippen molar-refractivity contribution in [3.05, 3.63) is 45.0 Å². The molecule has 0 fully saturated rings. The second-order valence-corrected chi connectivity index (χ2v) is 6.86. The summed E-state index contributed by atoms with van der Waals surface area (Å²) < 4.78 is 26.3. The zero-order chi connectivity index (χ0) is 14.9. The first kappa shape index (κ1) is 15.0. The molecule has 1 aliphatic rings. The van der Waals surface area contributed by atoms with Gasteiger partial charge in [-0.3, -0.25) is 10.1 Å². The third kappa shape index (κ3) is 2.84. The highest BCUT2D eigenvalue weighted by Gasteiger charge is 2.29. The first-order valence-electron chi connectivity index (χ1n) is 5.92. The van der Waals surface area contributed by atoms with E-state index in [1.165, 1.54) is 16.4 Å². The number of rotatable bonds is 3. The second kappa shape index (κ2) is 5.51. The predicted octanol–water partition coefficient (Wildman–Crippen LogP) is 2.59. The second-order valence-electron chi connectivity index (χ2n) is 4.55. The Hall–Kier alpha value is -1.44. The van der Waals surface area contributed by atoms with Crippen LogP contribution in [0.3, 0.4) is 0 Å². The Morgan fingerprint density at radius 1 is 1.40 bits per heavy atom. The molecule has 0 amide bonds. The van der Waals surface area contributed by atoms with Gasteiger partial charge in [0.05, 0.1) is 9.95 Å². The van der Waals surface area contributed by atoms with E-state index < -0.39 is 14.9 Å². The quantitative estimate of drug-likeness (QED) is 0.487. The number of sulfonamides is 1. The molecule has 0 saturated carbocycles. The van der Waals surface area contributed by atoms with Gasteiger partial charge in [0.1, 0.15) is 4.90 Å². The van der Waals surface area contributed by atoms with Crippen LogP contribution < -0.4 is 0 Å². The van der Waals surface area contributed by atoms with E-state index in [1.807, 2.05) is 13.0 Å². The fraction of sp³-hybridized carbons (Fsp3) is 0.333. The monoisotopic (exact) mass is 316 g/mol. The van der Waals surface area contributed by atoms with Crippen LogP contribution in [0.2, 0.25) is 5.02 Å². The summed E-state index contributed by atoms with van der Waals surface area (Å²) in [4.78, 5) is 9.90. The van der Waals surface area contributed by atoms with Crippen LogP contribution in [0.1, 0.15) is 13.3 Å². The number of nitrogens with zero attached hydrogens (tertiary/aromatic N) is 2. The maximum atomic E-state index is 12.5. The molecule has 108 valence electrons. The molecule has 0 N–H and O–H groups in total. The van der Waals surface area contributed by atoms with Crippen molar-refractivity contribution >= 4 is 27.3 Å². The van der Waals surface area contributed by atoms with Crippen molar-refractivity contribution in [3.63, 3.8) is 0 Å². The Labute approximate surface area is 121 Å². The fourth-order valence-electron chi connectivity index (χ4n) is 2.02. The summed E-state index contributed by atoms with van der Waals surface area (Å²) in [6.07, 6.45) is 2.60. The molecule has 0 aliphatic carbocycles. The first-order valence-corrected chi connectivity index (χ1v) is 7.74. The molecule has 1 aromatic rings. The van der Waals surface area contributed by atoms with Crippen molar-refractivity contribution in [1.29, 1.82) is 0 Å². The average Bonchev–Trinajstić information content (AvgIpc) is 2.38. The van der Waals surface area contributed by atoms with Crippen molar-refractivity contribution in [2.45, 2.75) is 18.2 Å². The van der Waals surface area contributed by atoms with Crippen molar-refractivity contribution in [3.8, 4) is 0 Å². The lowest BCUT2D eigenvalue weighted by atomic mass is 10.2. The third-order valence-corrected chi connectivity index (χ3v) is 5.37. The highest BCUT2D eigenvalue weighted by atomic mass is 35.5. The van der Waals surface area contributed by atoms with Gasteiger partial charge in [0.15, 0.2) is 0 Å². The summed E-state index contributed by atoms with van der Waals surface area (Å²) in [6.45, 7) is 2.47. The number of halogens is 1. The minimum absolute atomic E-state index is 0.0113. The molecule has 2 rings (SSSR count). The normalized spacial score (nSPS) is 16.8. The van der Waals surface area contributed by atoms with E-state index in [9.17, 15) is 18.5 Å². The highest BCUT2D eigenvalue weighted by molar-refractivity contribution is 7.89. The topological polar surface area (TPSA) is 80.5 Å². The van der Waals surface area contributed by atoms with E-state index in [0.717, 1.165) is 11.6 Å². The van der Waals surface area contributed by atoms with Crippen LogP contribution in [-0.4, -0.2) is 30.7 Å². The molecule has 0 saturated heterocycles. The van der Waals surface area contributed by atoms with Gasteiger partial charge in [-0.05, 0) is 19.4 Å². The molecule has 0 radical (unpaired) electrons. The fourth-order valence-corrected chi connectivity index (χ4v) is 4.02. The van der Waals surface area contributed by atoms with E-state index in [2.05, 4.69) is 0 Å². The minimum Gasteiger partial charge on any atom is -0.258 e. The van der Waals surface area contributed by atoms with Crippen LogP contribution >= 0.6 is 11.6 Å². The van der Waals surface area contributed by atoms with Crippen molar-refractivity contribution in [1.82, 2.24) is 4.31 Å². The summed E-state index contributed by atoms with van der Waals surface area (Å²) in [5.74, 6) is 0. The molecule has 8 heteroatoms. The number of benzene rings is 1. The first-order chi connectivity index (χ1) is 9.32. The minimum atomic E-state index is -3.83. The van der Waals surface area contributed by atoms with Crippen LogP contribution in [0.5, 0.6) is 0 Å². The molecular weight excluding hydrogens is 304 g/mol. The molecule has 1 heterocycles. The van der Waals surface area contributed by atoms with E-state index in [-0.39, 0.29) is 22.2 Å². The van der Waals surface area contributed by atoms with Crippen molar-refractivity contribution in [2.24, 2.45) is 0 Å². The largest absolute Gasteiger partial charge is 0.270 e. The SMILES string of the molecule is CC1=CCCN(S(=O)(=O)c2cc([N+](=O)[O-])ccc2Cl)C1. The van der Waals surface area contributed by atoms with Crippen LogP contribution in [0.4, 0.5) is 5.69 Å². The maximum Gasteiger partial charge on any atom is 0.270 e. The molecular formula is C12H13ClN2O4S. The summed E-state index contributed by atoms with van der Waals surface area (Å²) >= 11 is 5.90. The lowest BCUT2D eigenvalue weighted by Crippen LogP contribution is -2.35. The summed E-state index contributed by atoms with van der Waals surface area (Å²) in [7, 11) is -3.83.